The first kappa shape index (κ1) is 9.43. The van der Waals surface area contributed by atoms with E-state index in [0.29, 0.717) is 0 Å². The van der Waals surface area contributed by atoms with E-state index in [-0.39, 0.29) is 5.69 Å². The summed E-state index contributed by atoms with van der Waals surface area (Å²) in [4.78, 5) is 12.8. The van der Waals surface area contributed by atoms with Crippen molar-refractivity contribution < 1.29 is 17.9 Å². The van der Waals surface area contributed by atoms with E-state index in [9.17, 15) is 18.0 Å². The minimum absolute atomic E-state index is 0.360. The number of ether oxygens (including phenoxy) is 1. The van der Waals surface area contributed by atoms with Gasteiger partial charge in [0.25, 0.3) is 5.56 Å². The zero-order valence-electron chi connectivity index (χ0n) is 6.18. The highest BCUT2D eigenvalue weighted by atomic mass is 19.4. The van der Waals surface area contributed by atoms with Gasteiger partial charge < -0.3 is 15.5 Å². The normalized spacial score (nSPS) is 11.3. The van der Waals surface area contributed by atoms with E-state index in [0.717, 1.165) is 12.3 Å². The fourth-order valence-corrected chi connectivity index (χ4v) is 0.700. The van der Waals surface area contributed by atoms with E-state index in [1.165, 1.54) is 0 Å². The molecule has 0 aliphatic carbocycles. The Hall–Kier alpha value is -1.66. The van der Waals surface area contributed by atoms with Crippen LogP contribution in [0.25, 0.3) is 0 Å². The molecule has 0 atom stereocenters. The molecule has 1 rings (SSSR count). The number of anilines is 1. The first-order valence-corrected chi connectivity index (χ1v) is 3.13. The Morgan fingerprint density at radius 2 is 2.08 bits per heavy atom. The summed E-state index contributed by atoms with van der Waals surface area (Å²) in [6.07, 6.45) is -3.79. The van der Waals surface area contributed by atoms with Crippen LogP contribution in [0.4, 0.5) is 18.9 Å². The smallest absolute Gasteiger partial charge is 0.398 e. The number of H-pyrrole nitrogens is 1. The third-order valence-electron chi connectivity index (χ3n) is 1.16. The summed E-state index contributed by atoms with van der Waals surface area (Å²) in [6, 6.07) is 1.10. The molecule has 0 amide bonds. The fraction of sp³-hybridized carbons (Fsp3) is 0.167. The summed E-state index contributed by atoms with van der Waals surface area (Å²) in [5.41, 5.74) is 3.71. The van der Waals surface area contributed by atoms with Crippen LogP contribution >= 0.6 is 0 Å². The van der Waals surface area contributed by atoms with Crippen molar-refractivity contribution in [1.29, 1.82) is 0 Å². The Morgan fingerprint density at radius 3 is 2.54 bits per heavy atom. The van der Waals surface area contributed by atoms with E-state index in [2.05, 4.69) is 4.74 Å². The molecular formula is C6H5F3N2O2. The lowest BCUT2D eigenvalue weighted by Crippen LogP contribution is -2.23. The van der Waals surface area contributed by atoms with Crippen molar-refractivity contribution in [2.24, 2.45) is 0 Å². The number of rotatable bonds is 1. The van der Waals surface area contributed by atoms with Gasteiger partial charge in [0.2, 0.25) is 5.75 Å². The van der Waals surface area contributed by atoms with Crippen LogP contribution in [0.1, 0.15) is 0 Å². The van der Waals surface area contributed by atoms with Gasteiger partial charge in [-0.15, -0.1) is 13.2 Å². The van der Waals surface area contributed by atoms with Gasteiger partial charge in [-0.2, -0.15) is 0 Å². The second kappa shape index (κ2) is 3.00. The van der Waals surface area contributed by atoms with Crippen molar-refractivity contribution >= 4 is 5.69 Å². The lowest BCUT2D eigenvalue weighted by molar-refractivity contribution is -0.274. The monoisotopic (exact) mass is 194 g/mol. The molecule has 1 aromatic heterocycles. The molecule has 0 fully saturated rings. The molecule has 72 valence electrons. The number of nitrogens with one attached hydrogen (secondary N) is 1. The van der Waals surface area contributed by atoms with Gasteiger partial charge in [0.05, 0.1) is 5.69 Å². The topological polar surface area (TPSA) is 68.1 Å². The minimum Gasteiger partial charge on any atom is -0.398 e. The Balaban J connectivity index is 3.08. The zero-order valence-corrected chi connectivity index (χ0v) is 6.18. The summed E-state index contributed by atoms with van der Waals surface area (Å²) < 4.78 is 38.4. The Morgan fingerprint density at radius 1 is 1.46 bits per heavy atom. The molecule has 0 spiro atoms. The number of aromatic nitrogens is 1. The number of nitrogens with two attached hydrogens (primary N) is 1. The number of hydrogen-bond donors (Lipinski definition) is 2. The molecule has 0 bridgehead atoms. The third-order valence-corrected chi connectivity index (χ3v) is 1.16. The van der Waals surface area contributed by atoms with Crippen molar-refractivity contribution in [3.8, 4) is 5.75 Å². The average Bonchev–Trinajstić information content (AvgIpc) is 1.95. The lowest BCUT2D eigenvalue weighted by atomic mass is 10.4. The largest absolute Gasteiger partial charge is 0.573 e. The second-order valence-corrected chi connectivity index (χ2v) is 2.14. The van der Waals surface area contributed by atoms with Gasteiger partial charge in [-0.3, -0.25) is 4.79 Å². The van der Waals surface area contributed by atoms with E-state index >= 15 is 0 Å². The molecule has 0 saturated heterocycles. The number of pyridine rings is 1. The summed E-state index contributed by atoms with van der Waals surface area (Å²) in [5, 5.41) is 0. The SMILES string of the molecule is Nc1cc[nH]c(=O)c1OC(F)(F)F. The van der Waals surface area contributed by atoms with Crippen molar-refractivity contribution in [2.75, 3.05) is 5.73 Å². The van der Waals surface area contributed by atoms with Crippen LogP contribution in [0.15, 0.2) is 17.1 Å². The summed E-state index contributed by atoms with van der Waals surface area (Å²) >= 11 is 0. The Labute approximate surface area is 70.1 Å². The molecule has 1 aromatic rings. The highest BCUT2D eigenvalue weighted by Gasteiger charge is 2.33. The Kier molecular flexibility index (Phi) is 2.18. The molecule has 7 heteroatoms. The van der Waals surface area contributed by atoms with E-state index in [4.69, 9.17) is 5.73 Å². The quantitative estimate of drug-likeness (QED) is 0.696. The van der Waals surface area contributed by atoms with Crippen LogP contribution in [0.3, 0.4) is 0 Å². The maximum absolute atomic E-state index is 11.7. The van der Waals surface area contributed by atoms with E-state index < -0.39 is 17.7 Å². The number of aromatic amines is 1. The van der Waals surface area contributed by atoms with Crippen LogP contribution in [0.5, 0.6) is 5.75 Å². The van der Waals surface area contributed by atoms with Crippen molar-refractivity contribution in [3.05, 3.63) is 22.6 Å². The standard InChI is InChI=1S/C6H5F3N2O2/c7-6(8,9)13-4-3(10)1-2-11-5(4)12/h1-2H,(H3,10,11,12). The highest BCUT2D eigenvalue weighted by molar-refractivity contribution is 5.49. The predicted molar refractivity (Wildman–Crippen MR) is 38.2 cm³/mol. The van der Waals surface area contributed by atoms with Crippen LogP contribution < -0.4 is 16.0 Å². The average molecular weight is 194 g/mol. The van der Waals surface area contributed by atoms with Gasteiger partial charge in [0.15, 0.2) is 0 Å². The molecule has 13 heavy (non-hydrogen) atoms. The van der Waals surface area contributed by atoms with Crippen LogP contribution in [-0.4, -0.2) is 11.3 Å². The first-order chi connectivity index (χ1) is 5.90. The Bertz CT molecular complexity index is 358. The second-order valence-electron chi connectivity index (χ2n) is 2.14. The molecule has 0 unspecified atom stereocenters. The number of halogens is 3. The van der Waals surface area contributed by atoms with Gasteiger partial charge in [-0.1, -0.05) is 0 Å². The maximum atomic E-state index is 11.7. The molecule has 0 aromatic carbocycles. The van der Waals surface area contributed by atoms with Gasteiger partial charge in [0, 0.05) is 6.20 Å². The van der Waals surface area contributed by atoms with Crippen molar-refractivity contribution in [1.82, 2.24) is 4.98 Å². The van der Waals surface area contributed by atoms with E-state index in [1.54, 1.807) is 0 Å². The molecule has 3 N–H and O–H groups in total. The molecule has 4 nitrogen and oxygen atoms in total. The van der Waals surface area contributed by atoms with Gasteiger partial charge in [0.1, 0.15) is 0 Å². The van der Waals surface area contributed by atoms with Crippen molar-refractivity contribution in [3.63, 3.8) is 0 Å². The zero-order chi connectivity index (χ0) is 10.1. The van der Waals surface area contributed by atoms with Crippen molar-refractivity contribution in [2.45, 2.75) is 6.36 Å². The number of alkyl halides is 3. The molecule has 0 aliphatic heterocycles. The molecular weight excluding hydrogens is 189 g/mol. The van der Waals surface area contributed by atoms with Crippen LogP contribution in [0.2, 0.25) is 0 Å². The van der Waals surface area contributed by atoms with Crippen LogP contribution in [-0.2, 0) is 0 Å². The van der Waals surface area contributed by atoms with E-state index in [1.807, 2.05) is 4.98 Å². The number of hydrogen-bond acceptors (Lipinski definition) is 3. The summed E-state index contributed by atoms with van der Waals surface area (Å²) in [5.74, 6) is -0.935. The molecule has 1 heterocycles. The van der Waals surface area contributed by atoms with Gasteiger partial charge in [-0.05, 0) is 6.07 Å². The maximum Gasteiger partial charge on any atom is 0.573 e. The number of nitrogen functional groups attached to an aromatic ring is 1. The molecule has 0 aliphatic rings. The highest BCUT2D eigenvalue weighted by Crippen LogP contribution is 2.23. The third kappa shape index (κ3) is 2.39. The summed E-state index contributed by atoms with van der Waals surface area (Å²) in [7, 11) is 0. The van der Waals surface area contributed by atoms with Gasteiger partial charge >= 0.3 is 6.36 Å². The van der Waals surface area contributed by atoms with Crippen LogP contribution in [0, 0.1) is 0 Å². The lowest BCUT2D eigenvalue weighted by Gasteiger charge is -2.08. The minimum atomic E-state index is -4.91. The molecule has 0 saturated carbocycles. The first-order valence-electron chi connectivity index (χ1n) is 3.13. The summed E-state index contributed by atoms with van der Waals surface area (Å²) in [6.45, 7) is 0. The fourth-order valence-electron chi connectivity index (χ4n) is 0.700. The predicted octanol–water partition coefficient (Wildman–Crippen LogP) is 0.856. The van der Waals surface area contributed by atoms with Gasteiger partial charge in [-0.25, -0.2) is 0 Å². The molecule has 0 radical (unpaired) electrons.